The molecule has 0 bridgehead atoms. The smallest absolute Gasteiger partial charge is 0.164 e. The first kappa shape index (κ1) is 13.7. The van der Waals surface area contributed by atoms with Gasteiger partial charge in [0.15, 0.2) is 5.78 Å². The van der Waals surface area contributed by atoms with Crippen LogP contribution in [-0.4, -0.2) is 12.0 Å². The number of thioether (sulfide) groups is 1. The lowest BCUT2D eigenvalue weighted by atomic mass is 9.85. The van der Waals surface area contributed by atoms with Crippen LogP contribution in [0.15, 0.2) is 29.2 Å². The molecule has 0 heterocycles. The number of carbonyl (C=O) groups is 1. The molecule has 2 rings (SSSR count). The van der Waals surface area contributed by atoms with E-state index >= 15 is 0 Å². The van der Waals surface area contributed by atoms with Gasteiger partial charge in [-0.1, -0.05) is 50.3 Å². The molecule has 0 aliphatic heterocycles. The Kier molecular flexibility index (Phi) is 5.30. The van der Waals surface area contributed by atoms with E-state index in [0.29, 0.717) is 5.78 Å². The third-order valence-corrected chi connectivity index (χ3v) is 4.71. The van der Waals surface area contributed by atoms with Crippen molar-refractivity contribution in [2.75, 3.05) is 6.26 Å². The maximum atomic E-state index is 12.3. The predicted molar refractivity (Wildman–Crippen MR) is 78.4 cm³/mol. The van der Waals surface area contributed by atoms with E-state index in [0.717, 1.165) is 29.2 Å². The molecule has 0 N–H and O–H groups in total. The second kappa shape index (κ2) is 6.98. The Morgan fingerprint density at radius 1 is 1.22 bits per heavy atom. The van der Waals surface area contributed by atoms with E-state index in [2.05, 4.69) is 0 Å². The molecule has 0 aromatic heterocycles. The minimum Gasteiger partial charge on any atom is -0.294 e. The van der Waals surface area contributed by atoms with Gasteiger partial charge in [-0.3, -0.25) is 4.79 Å². The van der Waals surface area contributed by atoms with Crippen LogP contribution in [-0.2, 0) is 0 Å². The summed E-state index contributed by atoms with van der Waals surface area (Å²) in [6.45, 7) is 0. The van der Waals surface area contributed by atoms with E-state index in [4.69, 9.17) is 0 Å². The molecule has 1 aliphatic rings. The lowest BCUT2D eigenvalue weighted by Crippen LogP contribution is -2.09. The molecule has 1 fully saturated rings. The summed E-state index contributed by atoms with van der Waals surface area (Å²) in [6, 6.07) is 7.98. The first-order valence-corrected chi connectivity index (χ1v) is 8.20. The third-order valence-electron chi connectivity index (χ3n) is 3.91. The predicted octanol–water partition coefficient (Wildman–Crippen LogP) is 4.95. The molecule has 0 atom stereocenters. The molecule has 0 amide bonds. The number of carbonyl (C=O) groups excluding carboxylic acids is 1. The largest absolute Gasteiger partial charge is 0.294 e. The molecule has 1 aromatic rings. The highest BCUT2D eigenvalue weighted by Gasteiger charge is 2.16. The Morgan fingerprint density at radius 3 is 2.67 bits per heavy atom. The van der Waals surface area contributed by atoms with Crippen LogP contribution in [0.4, 0.5) is 0 Å². The first-order valence-electron chi connectivity index (χ1n) is 6.97. The summed E-state index contributed by atoms with van der Waals surface area (Å²) in [5.41, 5.74) is 0.917. The Bertz CT molecular complexity index is 394. The molecule has 1 nitrogen and oxygen atoms in total. The summed E-state index contributed by atoms with van der Waals surface area (Å²) >= 11 is 1.66. The molecule has 2 heteroatoms. The van der Waals surface area contributed by atoms with Crippen molar-refractivity contribution >= 4 is 17.5 Å². The van der Waals surface area contributed by atoms with E-state index in [1.807, 2.05) is 30.5 Å². The summed E-state index contributed by atoms with van der Waals surface area (Å²) in [5, 5.41) is 0. The molecule has 0 radical (unpaired) electrons. The highest BCUT2D eigenvalue weighted by atomic mass is 32.2. The SMILES string of the molecule is CSc1ccccc1C(=O)CCC1CCCCC1. The van der Waals surface area contributed by atoms with Crippen molar-refractivity contribution in [1.82, 2.24) is 0 Å². The minimum absolute atomic E-state index is 0.325. The van der Waals surface area contributed by atoms with Crippen LogP contribution < -0.4 is 0 Å². The molecule has 1 aromatic carbocycles. The highest BCUT2D eigenvalue weighted by Crippen LogP contribution is 2.29. The number of hydrogen-bond donors (Lipinski definition) is 0. The first-order chi connectivity index (χ1) is 8.81. The van der Waals surface area contributed by atoms with Crippen LogP contribution in [0.3, 0.4) is 0 Å². The summed E-state index contributed by atoms with van der Waals surface area (Å²) < 4.78 is 0. The van der Waals surface area contributed by atoms with Crippen molar-refractivity contribution in [1.29, 1.82) is 0 Å². The standard InChI is InChI=1S/C16H22OS/c1-18-16-10-6-5-9-14(16)15(17)12-11-13-7-3-2-4-8-13/h5-6,9-10,13H,2-4,7-8,11-12H2,1H3. The molecule has 1 saturated carbocycles. The fraction of sp³-hybridized carbons (Fsp3) is 0.562. The lowest BCUT2D eigenvalue weighted by molar-refractivity contribution is 0.0967. The summed E-state index contributed by atoms with van der Waals surface area (Å²) in [5.74, 6) is 1.12. The zero-order valence-corrected chi connectivity index (χ0v) is 12.0. The fourth-order valence-electron chi connectivity index (χ4n) is 2.82. The van der Waals surface area contributed by atoms with E-state index in [1.54, 1.807) is 11.8 Å². The normalized spacial score (nSPS) is 16.7. The van der Waals surface area contributed by atoms with E-state index in [9.17, 15) is 4.79 Å². The average molecular weight is 262 g/mol. The van der Waals surface area contributed by atoms with Gasteiger partial charge in [0.1, 0.15) is 0 Å². The highest BCUT2D eigenvalue weighted by molar-refractivity contribution is 7.98. The van der Waals surface area contributed by atoms with Gasteiger partial charge in [-0.05, 0) is 24.7 Å². The van der Waals surface area contributed by atoms with Crippen molar-refractivity contribution in [2.45, 2.75) is 49.8 Å². The minimum atomic E-state index is 0.325. The molecule has 0 spiro atoms. The molecule has 1 aliphatic carbocycles. The van der Waals surface area contributed by atoms with E-state index in [1.165, 1.54) is 32.1 Å². The van der Waals surface area contributed by atoms with Gasteiger partial charge < -0.3 is 0 Å². The fourth-order valence-corrected chi connectivity index (χ4v) is 3.44. The molecule has 0 unspecified atom stereocenters. The Morgan fingerprint density at radius 2 is 1.94 bits per heavy atom. The second-order valence-electron chi connectivity index (χ2n) is 5.17. The van der Waals surface area contributed by atoms with Crippen molar-refractivity contribution in [3.05, 3.63) is 29.8 Å². The summed E-state index contributed by atoms with van der Waals surface area (Å²) in [7, 11) is 0. The van der Waals surface area contributed by atoms with Crippen LogP contribution in [0.2, 0.25) is 0 Å². The van der Waals surface area contributed by atoms with Gasteiger partial charge in [0.05, 0.1) is 0 Å². The summed E-state index contributed by atoms with van der Waals surface area (Å²) in [4.78, 5) is 13.4. The average Bonchev–Trinajstić information content (AvgIpc) is 2.45. The third kappa shape index (κ3) is 3.61. The maximum Gasteiger partial charge on any atom is 0.164 e. The van der Waals surface area contributed by atoms with E-state index in [-0.39, 0.29) is 0 Å². The Balaban J connectivity index is 1.90. The molecular weight excluding hydrogens is 240 g/mol. The molecule has 18 heavy (non-hydrogen) atoms. The number of rotatable bonds is 5. The monoisotopic (exact) mass is 262 g/mol. The van der Waals surface area contributed by atoms with Gasteiger partial charge in [-0.2, -0.15) is 0 Å². The topological polar surface area (TPSA) is 17.1 Å². The van der Waals surface area contributed by atoms with Crippen molar-refractivity contribution in [3.8, 4) is 0 Å². The zero-order valence-electron chi connectivity index (χ0n) is 11.2. The molecular formula is C16H22OS. The van der Waals surface area contributed by atoms with Crippen molar-refractivity contribution in [2.24, 2.45) is 5.92 Å². The zero-order chi connectivity index (χ0) is 12.8. The number of ketones is 1. The van der Waals surface area contributed by atoms with Gasteiger partial charge >= 0.3 is 0 Å². The van der Waals surface area contributed by atoms with Crippen LogP contribution in [0.5, 0.6) is 0 Å². The van der Waals surface area contributed by atoms with Crippen molar-refractivity contribution < 1.29 is 4.79 Å². The van der Waals surface area contributed by atoms with Gasteiger partial charge in [0, 0.05) is 16.9 Å². The van der Waals surface area contributed by atoms with Gasteiger partial charge in [-0.25, -0.2) is 0 Å². The Labute approximate surface area is 114 Å². The number of Topliss-reactive ketones (excluding diaryl/α,β-unsaturated/α-hetero) is 1. The van der Waals surface area contributed by atoms with Crippen LogP contribution in [0, 0.1) is 5.92 Å². The van der Waals surface area contributed by atoms with Gasteiger partial charge in [0.2, 0.25) is 0 Å². The van der Waals surface area contributed by atoms with E-state index < -0.39 is 0 Å². The summed E-state index contributed by atoms with van der Waals surface area (Å²) in [6.07, 6.45) is 10.6. The molecule has 98 valence electrons. The lowest BCUT2D eigenvalue weighted by Gasteiger charge is -2.21. The molecule has 0 saturated heterocycles. The van der Waals surface area contributed by atoms with Gasteiger partial charge in [-0.15, -0.1) is 11.8 Å². The van der Waals surface area contributed by atoms with Crippen LogP contribution in [0.1, 0.15) is 55.3 Å². The second-order valence-corrected chi connectivity index (χ2v) is 6.01. The number of benzene rings is 1. The maximum absolute atomic E-state index is 12.3. The quantitative estimate of drug-likeness (QED) is 0.551. The van der Waals surface area contributed by atoms with Crippen LogP contribution in [0.25, 0.3) is 0 Å². The van der Waals surface area contributed by atoms with Crippen LogP contribution >= 0.6 is 11.8 Å². The Hall–Kier alpha value is -0.760. The van der Waals surface area contributed by atoms with Crippen molar-refractivity contribution in [3.63, 3.8) is 0 Å². The number of hydrogen-bond acceptors (Lipinski definition) is 2. The van der Waals surface area contributed by atoms with Gasteiger partial charge in [0.25, 0.3) is 0 Å².